The summed E-state index contributed by atoms with van der Waals surface area (Å²) in [6.45, 7) is 13.4. The third-order valence-corrected chi connectivity index (χ3v) is 4.01. The molecule has 0 aromatic carbocycles. The van der Waals surface area contributed by atoms with Crippen LogP contribution in [0.4, 0.5) is 0 Å². The van der Waals surface area contributed by atoms with Crippen molar-refractivity contribution < 1.29 is 0 Å². The molecule has 0 saturated heterocycles. The zero-order valence-corrected chi connectivity index (χ0v) is 14.2. The topological polar surface area (TPSA) is 33.4 Å². The van der Waals surface area contributed by atoms with Gasteiger partial charge in [0.15, 0.2) is 0 Å². The van der Waals surface area contributed by atoms with Crippen LogP contribution in [0.15, 0.2) is 29.3 Å². The van der Waals surface area contributed by atoms with Crippen molar-refractivity contribution in [2.75, 3.05) is 6.54 Å². The van der Waals surface area contributed by atoms with Crippen molar-refractivity contribution >= 4 is 6.72 Å². The Hall–Kier alpha value is -1.58. The van der Waals surface area contributed by atoms with E-state index in [9.17, 15) is 0 Å². The fourth-order valence-corrected chi connectivity index (χ4v) is 2.15. The number of unbranched alkanes of at least 4 members (excludes halogenated alkanes) is 1. The van der Waals surface area contributed by atoms with Crippen molar-refractivity contribution in [2.24, 2.45) is 18.1 Å². The van der Waals surface area contributed by atoms with Crippen molar-refractivity contribution in [3.05, 3.63) is 29.7 Å². The number of allylic oxidation sites excluding steroid dienone is 1. The molecular formula is C17H30N4. The Bertz CT molecular complexity index is 459. The smallest absolute Gasteiger partial charge is 0.0524 e. The molecule has 118 valence electrons. The van der Waals surface area contributed by atoms with Crippen LogP contribution < -0.4 is 0 Å². The Labute approximate surface area is 129 Å². The Kier molecular flexibility index (Phi) is 7.20. The Balaban J connectivity index is 2.32. The van der Waals surface area contributed by atoms with Gasteiger partial charge in [0.05, 0.1) is 6.20 Å². The Morgan fingerprint density at radius 2 is 2.14 bits per heavy atom. The lowest BCUT2D eigenvalue weighted by molar-refractivity contribution is 0.377. The van der Waals surface area contributed by atoms with E-state index in [2.05, 4.69) is 57.0 Å². The van der Waals surface area contributed by atoms with Gasteiger partial charge in [-0.25, -0.2) is 0 Å². The minimum Gasteiger partial charge on any atom is -0.276 e. The molecule has 4 heteroatoms. The molecule has 21 heavy (non-hydrogen) atoms. The summed E-state index contributed by atoms with van der Waals surface area (Å²) in [5.41, 5.74) is 2.66. The second kappa shape index (κ2) is 8.65. The highest BCUT2D eigenvalue weighted by Crippen LogP contribution is 2.20. The molecule has 0 amide bonds. The standard InChI is InChI=1S/C17H30N4/c1-14(2)16(4)12-21(18-5)10-8-7-9-15(3)17-11-19-20(6)13-17/h11-15H,5,7-10H2,1-4,6H3/b16-12+. The molecule has 0 saturated carbocycles. The van der Waals surface area contributed by atoms with E-state index in [1.807, 2.05) is 22.9 Å². The first-order chi connectivity index (χ1) is 9.93. The van der Waals surface area contributed by atoms with Crippen LogP contribution in [0.2, 0.25) is 0 Å². The van der Waals surface area contributed by atoms with Gasteiger partial charge in [-0.05, 0) is 37.2 Å². The van der Waals surface area contributed by atoms with Crippen molar-refractivity contribution in [1.29, 1.82) is 0 Å². The summed E-state index contributed by atoms with van der Waals surface area (Å²) >= 11 is 0. The average molecular weight is 290 g/mol. The van der Waals surface area contributed by atoms with Gasteiger partial charge in [-0.2, -0.15) is 10.2 Å². The van der Waals surface area contributed by atoms with Gasteiger partial charge < -0.3 is 0 Å². The quantitative estimate of drug-likeness (QED) is 0.388. The van der Waals surface area contributed by atoms with Crippen molar-refractivity contribution in [3.63, 3.8) is 0 Å². The van der Waals surface area contributed by atoms with Crippen LogP contribution in [0.5, 0.6) is 0 Å². The summed E-state index contributed by atoms with van der Waals surface area (Å²) in [5, 5.41) is 10.3. The lowest BCUT2D eigenvalue weighted by Gasteiger charge is -2.17. The van der Waals surface area contributed by atoms with Crippen LogP contribution in [0, 0.1) is 5.92 Å². The fraction of sp³-hybridized carbons (Fsp3) is 0.647. The van der Waals surface area contributed by atoms with Gasteiger partial charge >= 0.3 is 0 Å². The first kappa shape index (κ1) is 17.5. The van der Waals surface area contributed by atoms with Crippen LogP contribution in [0.25, 0.3) is 0 Å². The molecule has 4 nitrogen and oxygen atoms in total. The van der Waals surface area contributed by atoms with Crippen LogP contribution in [0.1, 0.15) is 58.4 Å². The van der Waals surface area contributed by atoms with Gasteiger partial charge in [-0.1, -0.05) is 32.8 Å². The predicted molar refractivity (Wildman–Crippen MR) is 90.3 cm³/mol. The van der Waals surface area contributed by atoms with Gasteiger partial charge in [0.25, 0.3) is 0 Å². The molecule has 0 N–H and O–H groups in total. The maximum Gasteiger partial charge on any atom is 0.0524 e. The third kappa shape index (κ3) is 6.15. The summed E-state index contributed by atoms with van der Waals surface area (Å²) in [6.07, 6.45) is 9.70. The molecule has 0 fully saturated rings. The van der Waals surface area contributed by atoms with Gasteiger partial charge in [0.1, 0.15) is 0 Å². The second-order valence-corrected chi connectivity index (χ2v) is 6.18. The summed E-state index contributed by atoms with van der Waals surface area (Å²) in [7, 11) is 1.97. The number of aryl methyl sites for hydroxylation is 1. The second-order valence-electron chi connectivity index (χ2n) is 6.18. The highest BCUT2D eigenvalue weighted by molar-refractivity contribution is 5.23. The molecule has 1 rings (SSSR count). The fourth-order valence-electron chi connectivity index (χ4n) is 2.15. The molecule has 0 aliphatic carbocycles. The normalized spacial score (nSPS) is 13.5. The molecule has 0 bridgehead atoms. The SMILES string of the molecule is C=NN(/C=C(\C)C(C)C)CCCCC(C)c1cnn(C)c1. The molecule has 1 heterocycles. The van der Waals surface area contributed by atoms with Gasteiger partial charge in [-0.15, -0.1) is 0 Å². The lowest BCUT2D eigenvalue weighted by Crippen LogP contribution is -2.13. The van der Waals surface area contributed by atoms with Crippen LogP contribution in [-0.2, 0) is 7.05 Å². The van der Waals surface area contributed by atoms with Crippen LogP contribution in [-0.4, -0.2) is 28.1 Å². The molecule has 0 aliphatic rings. The maximum atomic E-state index is 4.23. The van der Waals surface area contributed by atoms with E-state index in [1.54, 1.807) is 0 Å². The first-order valence-electron chi connectivity index (χ1n) is 7.84. The molecule has 0 spiro atoms. The van der Waals surface area contributed by atoms with E-state index in [1.165, 1.54) is 24.0 Å². The van der Waals surface area contributed by atoms with E-state index in [4.69, 9.17) is 0 Å². The average Bonchev–Trinajstić information content (AvgIpc) is 2.88. The molecular weight excluding hydrogens is 260 g/mol. The number of hydrazone groups is 1. The molecule has 1 aromatic rings. The lowest BCUT2D eigenvalue weighted by atomic mass is 9.98. The zero-order chi connectivity index (χ0) is 15.8. The van der Waals surface area contributed by atoms with Crippen LogP contribution >= 0.6 is 0 Å². The number of rotatable bonds is 9. The van der Waals surface area contributed by atoms with E-state index in [0.29, 0.717) is 11.8 Å². The molecule has 1 unspecified atom stereocenters. The Morgan fingerprint density at radius 3 is 2.67 bits per heavy atom. The monoisotopic (exact) mass is 290 g/mol. The highest BCUT2D eigenvalue weighted by atomic mass is 15.4. The predicted octanol–water partition coefficient (Wildman–Crippen LogP) is 4.17. The molecule has 1 aromatic heterocycles. The van der Waals surface area contributed by atoms with Gasteiger partial charge in [-0.3, -0.25) is 9.69 Å². The number of aromatic nitrogens is 2. The third-order valence-electron chi connectivity index (χ3n) is 4.01. The van der Waals surface area contributed by atoms with E-state index >= 15 is 0 Å². The van der Waals surface area contributed by atoms with Crippen molar-refractivity contribution in [3.8, 4) is 0 Å². The number of hydrogen-bond donors (Lipinski definition) is 0. The summed E-state index contributed by atoms with van der Waals surface area (Å²) < 4.78 is 1.87. The van der Waals surface area contributed by atoms with Gasteiger partial charge in [0, 0.05) is 32.7 Å². The first-order valence-corrected chi connectivity index (χ1v) is 7.84. The Morgan fingerprint density at radius 1 is 1.43 bits per heavy atom. The summed E-state index contributed by atoms with van der Waals surface area (Å²) in [4.78, 5) is 0. The van der Waals surface area contributed by atoms with Crippen molar-refractivity contribution in [2.45, 2.75) is 52.9 Å². The largest absolute Gasteiger partial charge is 0.276 e. The number of hydrogen-bond acceptors (Lipinski definition) is 3. The number of nitrogens with zero attached hydrogens (tertiary/aromatic N) is 4. The zero-order valence-electron chi connectivity index (χ0n) is 14.2. The minimum atomic E-state index is 0.555. The summed E-state index contributed by atoms with van der Waals surface area (Å²) in [5.74, 6) is 1.12. The van der Waals surface area contributed by atoms with Gasteiger partial charge in [0.2, 0.25) is 0 Å². The van der Waals surface area contributed by atoms with E-state index < -0.39 is 0 Å². The summed E-state index contributed by atoms with van der Waals surface area (Å²) in [6, 6.07) is 0. The molecule has 1 atom stereocenters. The molecule has 0 radical (unpaired) electrons. The van der Waals surface area contributed by atoms with Crippen LogP contribution in [0.3, 0.4) is 0 Å². The van der Waals surface area contributed by atoms with E-state index in [0.717, 1.165) is 13.0 Å². The van der Waals surface area contributed by atoms with E-state index in [-0.39, 0.29) is 0 Å². The maximum absolute atomic E-state index is 4.23. The van der Waals surface area contributed by atoms with Crippen molar-refractivity contribution in [1.82, 2.24) is 14.8 Å². The molecule has 0 aliphatic heterocycles. The highest BCUT2D eigenvalue weighted by Gasteiger charge is 2.08. The minimum absolute atomic E-state index is 0.555.